The van der Waals surface area contributed by atoms with E-state index in [0.717, 1.165) is 29.8 Å². The predicted octanol–water partition coefficient (Wildman–Crippen LogP) is 4.96. The fourth-order valence-electron chi connectivity index (χ4n) is 4.09. The summed E-state index contributed by atoms with van der Waals surface area (Å²) in [6, 6.07) is 16.2. The van der Waals surface area contributed by atoms with Crippen molar-refractivity contribution >= 4 is 22.8 Å². The van der Waals surface area contributed by atoms with Crippen LogP contribution in [0.5, 0.6) is 0 Å². The van der Waals surface area contributed by atoms with Crippen LogP contribution in [0.1, 0.15) is 49.9 Å². The highest BCUT2D eigenvalue weighted by atomic mass is 16.2. The van der Waals surface area contributed by atoms with Crippen molar-refractivity contribution in [3.05, 3.63) is 102 Å². The molecule has 1 unspecified atom stereocenters. The molecule has 0 bridgehead atoms. The Labute approximate surface area is 213 Å². The van der Waals surface area contributed by atoms with Gasteiger partial charge in [-0.05, 0) is 64.1 Å². The lowest BCUT2D eigenvalue weighted by Gasteiger charge is -2.22. The van der Waals surface area contributed by atoms with E-state index in [1.54, 1.807) is 18.2 Å². The van der Waals surface area contributed by atoms with Crippen LogP contribution in [0, 0.1) is 0 Å². The summed E-state index contributed by atoms with van der Waals surface area (Å²) in [7, 11) is 0. The van der Waals surface area contributed by atoms with Gasteiger partial charge < -0.3 is 20.1 Å². The van der Waals surface area contributed by atoms with Gasteiger partial charge in [-0.3, -0.25) is 9.59 Å². The van der Waals surface area contributed by atoms with Gasteiger partial charge >= 0.3 is 0 Å². The number of benzene rings is 2. The molecule has 36 heavy (non-hydrogen) atoms. The van der Waals surface area contributed by atoms with Crippen molar-refractivity contribution in [3.63, 3.8) is 0 Å². The Balaban J connectivity index is 1.76. The lowest BCUT2D eigenvalue weighted by atomic mass is 10.2. The molecular formula is C29H35N5O2. The molecule has 0 aliphatic rings. The number of hydrogen-bond donors (Lipinski definition) is 2. The SMILES string of the molecule is C=C(/C=C\C(=C/C)N(CC)CC)NC(=O)Cn1c(C(C)NC(=O)c2ccccc2)nc2ccccc21. The second-order valence-electron chi connectivity index (χ2n) is 8.40. The molecule has 2 amide bonds. The summed E-state index contributed by atoms with van der Waals surface area (Å²) >= 11 is 0. The number of nitrogens with one attached hydrogen (secondary N) is 2. The maximum Gasteiger partial charge on any atom is 0.251 e. The van der Waals surface area contributed by atoms with Crippen molar-refractivity contribution in [3.8, 4) is 0 Å². The third-order valence-corrected chi connectivity index (χ3v) is 5.94. The minimum atomic E-state index is -0.410. The number of likely N-dealkylation sites (N-methyl/N-ethyl adjacent to an activating group) is 1. The summed E-state index contributed by atoms with van der Waals surface area (Å²) in [4.78, 5) is 32.6. The molecule has 1 aromatic heterocycles. The van der Waals surface area contributed by atoms with Crippen molar-refractivity contribution in [2.45, 2.75) is 40.3 Å². The summed E-state index contributed by atoms with van der Waals surface area (Å²) in [6.07, 6.45) is 5.80. The van der Waals surface area contributed by atoms with Crippen LogP contribution < -0.4 is 10.6 Å². The number of aromatic nitrogens is 2. The van der Waals surface area contributed by atoms with Crippen LogP contribution in [0.3, 0.4) is 0 Å². The number of para-hydroxylation sites is 2. The molecular weight excluding hydrogens is 450 g/mol. The number of rotatable bonds is 11. The van der Waals surface area contributed by atoms with Gasteiger partial charge in [0, 0.05) is 30.0 Å². The largest absolute Gasteiger partial charge is 0.372 e. The summed E-state index contributed by atoms with van der Waals surface area (Å²) < 4.78 is 1.84. The van der Waals surface area contributed by atoms with E-state index < -0.39 is 6.04 Å². The molecule has 0 fully saturated rings. The van der Waals surface area contributed by atoms with E-state index in [-0.39, 0.29) is 18.4 Å². The highest BCUT2D eigenvalue weighted by Crippen LogP contribution is 2.21. The topological polar surface area (TPSA) is 79.3 Å². The van der Waals surface area contributed by atoms with Crippen LogP contribution in [0.2, 0.25) is 0 Å². The number of amides is 2. The van der Waals surface area contributed by atoms with Crippen LogP contribution in [0.25, 0.3) is 11.0 Å². The molecule has 7 heteroatoms. The van der Waals surface area contributed by atoms with E-state index >= 15 is 0 Å². The lowest BCUT2D eigenvalue weighted by Crippen LogP contribution is -2.31. The maximum absolute atomic E-state index is 13.0. The highest BCUT2D eigenvalue weighted by molar-refractivity contribution is 5.94. The second kappa shape index (κ2) is 12.5. The first kappa shape index (κ1) is 26.5. The molecule has 0 saturated carbocycles. The molecule has 3 aromatic rings. The average molecular weight is 486 g/mol. The Kier molecular flexibility index (Phi) is 9.22. The van der Waals surface area contributed by atoms with Gasteiger partial charge in [-0.1, -0.05) is 43.0 Å². The number of carbonyl (C=O) groups excluding carboxylic acids is 2. The number of imidazole rings is 1. The van der Waals surface area contributed by atoms with Crippen molar-refractivity contribution in [1.29, 1.82) is 0 Å². The molecule has 188 valence electrons. The Hall–Kier alpha value is -4.13. The molecule has 1 atom stereocenters. The molecule has 3 rings (SSSR count). The van der Waals surface area contributed by atoms with Gasteiger partial charge in [-0.2, -0.15) is 0 Å². The van der Waals surface area contributed by atoms with Gasteiger partial charge in [0.1, 0.15) is 12.4 Å². The fourth-order valence-corrected chi connectivity index (χ4v) is 4.09. The average Bonchev–Trinajstić information content (AvgIpc) is 3.25. The predicted molar refractivity (Wildman–Crippen MR) is 145 cm³/mol. The van der Waals surface area contributed by atoms with Crippen LogP contribution in [0.15, 0.2) is 90.8 Å². The second-order valence-corrected chi connectivity index (χ2v) is 8.40. The summed E-state index contributed by atoms with van der Waals surface area (Å²) in [5.74, 6) is 0.188. The Morgan fingerprint density at radius 1 is 1.06 bits per heavy atom. The summed E-state index contributed by atoms with van der Waals surface area (Å²) in [5.41, 5.74) is 3.72. The number of fused-ring (bicyclic) bond motifs is 1. The zero-order chi connectivity index (χ0) is 26.1. The standard InChI is InChI=1S/C29H35N5O2/c1-6-24(33(7-2)8-3)19-18-21(4)30-27(35)20-34-26-17-13-12-16-25(26)32-28(34)22(5)31-29(36)23-14-10-9-11-15-23/h6,9-19,22H,4,7-8,20H2,1-3,5H3,(H,30,35)(H,31,36)/b19-18-,24-6+. The first-order valence-corrected chi connectivity index (χ1v) is 12.3. The first-order chi connectivity index (χ1) is 17.4. The molecule has 2 N–H and O–H groups in total. The molecule has 7 nitrogen and oxygen atoms in total. The molecule has 0 saturated heterocycles. The molecule has 0 spiro atoms. The number of nitrogens with zero attached hydrogens (tertiary/aromatic N) is 3. The van der Waals surface area contributed by atoms with E-state index in [4.69, 9.17) is 4.98 Å². The smallest absolute Gasteiger partial charge is 0.251 e. The van der Waals surface area contributed by atoms with Gasteiger partial charge in [0.05, 0.1) is 17.1 Å². The highest BCUT2D eigenvalue weighted by Gasteiger charge is 2.20. The number of carbonyl (C=O) groups is 2. The van der Waals surface area contributed by atoms with E-state index in [9.17, 15) is 9.59 Å². The molecule has 2 aromatic carbocycles. The van der Waals surface area contributed by atoms with E-state index in [2.05, 4.69) is 36.0 Å². The minimum absolute atomic E-state index is 0.0424. The monoisotopic (exact) mass is 485 g/mol. The Morgan fingerprint density at radius 3 is 2.39 bits per heavy atom. The number of hydrogen-bond acceptors (Lipinski definition) is 4. The third-order valence-electron chi connectivity index (χ3n) is 5.94. The lowest BCUT2D eigenvalue weighted by molar-refractivity contribution is -0.120. The summed E-state index contributed by atoms with van der Waals surface area (Å²) in [6.45, 7) is 13.9. The van der Waals surface area contributed by atoms with Gasteiger partial charge in [-0.15, -0.1) is 0 Å². The molecule has 0 radical (unpaired) electrons. The zero-order valence-corrected chi connectivity index (χ0v) is 21.5. The van der Waals surface area contributed by atoms with Crippen LogP contribution >= 0.6 is 0 Å². The van der Waals surface area contributed by atoms with Crippen molar-refractivity contribution in [1.82, 2.24) is 25.1 Å². The number of allylic oxidation sites excluding steroid dienone is 3. The van der Waals surface area contributed by atoms with Crippen molar-refractivity contribution in [2.75, 3.05) is 13.1 Å². The first-order valence-electron chi connectivity index (χ1n) is 12.3. The Morgan fingerprint density at radius 2 is 1.72 bits per heavy atom. The normalized spacial score (nSPS) is 12.5. The van der Waals surface area contributed by atoms with E-state index in [0.29, 0.717) is 17.1 Å². The molecule has 0 aliphatic carbocycles. The van der Waals surface area contributed by atoms with Gasteiger partial charge in [0.15, 0.2) is 0 Å². The van der Waals surface area contributed by atoms with Gasteiger partial charge in [-0.25, -0.2) is 4.98 Å². The van der Waals surface area contributed by atoms with Crippen molar-refractivity contribution in [2.24, 2.45) is 0 Å². The van der Waals surface area contributed by atoms with Crippen molar-refractivity contribution < 1.29 is 9.59 Å². The maximum atomic E-state index is 13.0. The van der Waals surface area contributed by atoms with E-state index in [1.165, 1.54) is 0 Å². The zero-order valence-electron chi connectivity index (χ0n) is 21.5. The van der Waals surface area contributed by atoms with Gasteiger partial charge in [0.25, 0.3) is 5.91 Å². The van der Waals surface area contributed by atoms with Gasteiger partial charge in [0.2, 0.25) is 5.91 Å². The van der Waals surface area contributed by atoms with Crippen LogP contribution in [-0.2, 0) is 11.3 Å². The Bertz CT molecular complexity index is 1270. The molecule has 1 heterocycles. The fraction of sp³-hybridized carbons (Fsp3) is 0.276. The minimum Gasteiger partial charge on any atom is -0.372 e. The third kappa shape index (κ3) is 6.50. The quantitative estimate of drug-likeness (QED) is 0.376. The van der Waals surface area contributed by atoms with Crippen LogP contribution in [0.4, 0.5) is 0 Å². The van der Waals surface area contributed by atoms with E-state index in [1.807, 2.05) is 73.0 Å². The summed E-state index contributed by atoms with van der Waals surface area (Å²) in [5, 5.41) is 5.86. The molecule has 0 aliphatic heterocycles. The van der Waals surface area contributed by atoms with Crippen LogP contribution in [-0.4, -0.2) is 39.4 Å².